The van der Waals surface area contributed by atoms with Crippen molar-refractivity contribution >= 4 is 16.9 Å². The summed E-state index contributed by atoms with van der Waals surface area (Å²) in [6.07, 6.45) is 1.47. The van der Waals surface area contributed by atoms with Crippen molar-refractivity contribution in [2.75, 3.05) is 6.61 Å². The smallest absolute Gasteiger partial charge is 0.269 e. The van der Waals surface area contributed by atoms with Crippen LogP contribution in [0.2, 0.25) is 0 Å². The highest BCUT2D eigenvalue weighted by molar-refractivity contribution is 6.02. The molecule has 0 aliphatic rings. The number of aliphatic hydroxyl groups is 1. The van der Waals surface area contributed by atoms with Crippen molar-refractivity contribution in [1.29, 1.82) is 0 Å². The molecule has 0 atom stereocenters. The zero-order chi connectivity index (χ0) is 20.5. The summed E-state index contributed by atoms with van der Waals surface area (Å²) in [5.41, 5.74) is -1.33. The van der Waals surface area contributed by atoms with Gasteiger partial charge in [-0.3, -0.25) is 14.2 Å². The van der Waals surface area contributed by atoms with Gasteiger partial charge in [-0.25, -0.2) is 9.37 Å². The van der Waals surface area contributed by atoms with Crippen molar-refractivity contribution in [3.63, 3.8) is 0 Å². The van der Waals surface area contributed by atoms with Crippen molar-refractivity contribution in [2.24, 2.45) is 0 Å². The molecule has 3 N–H and O–H groups in total. The molecular formula is C20H20FN3O4. The first kappa shape index (κ1) is 19.5. The van der Waals surface area contributed by atoms with Crippen LogP contribution in [0.3, 0.4) is 0 Å². The van der Waals surface area contributed by atoms with Crippen molar-refractivity contribution in [1.82, 2.24) is 14.9 Å². The Morgan fingerprint density at radius 2 is 1.93 bits per heavy atom. The molecular weight excluding hydrogens is 365 g/mol. The second kappa shape index (κ2) is 7.40. The standard InChI is InChI=1S/C20H20FN3O4/c1-20(2,11-25)23-18(27)15-16(26)14-4-3-9-22-17(14)24(19(15)28)10-12-5-7-13(21)8-6-12/h3-9,25-26H,10-11H2,1-2H3,(H,23,27). The third-order valence-electron chi connectivity index (χ3n) is 4.32. The highest BCUT2D eigenvalue weighted by Gasteiger charge is 2.27. The summed E-state index contributed by atoms with van der Waals surface area (Å²) < 4.78 is 14.4. The van der Waals surface area contributed by atoms with Crippen molar-refractivity contribution in [3.8, 4) is 5.75 Å². The van der Waals surface area contributed by atoms with E-state index in [0.29, 0.717) is 5.56 Å². The number of hydrogen-bond donors (Lipinski definition) is 3. The lowest BCUT2D eigenvalue weighted by atomic mass is 10.1. The second-order valence-corrected chi connectivity index (χ2v) is 7.11. The first-order valence-electron chi connectivity index (χ1n) is 8.62. The maximum atomic E-state index is 13.2. The van der Waals surface area contributed by atoms with Crippen LogP contribution in [0.25, 0.3) is 11.0 Å². The molecule has 0 bridgehead atoms. The average Bonchev–Trinajstić information content (AvgIpc) is 2.66. The molecule has 3 rings (SSSR count). The molecule has 3 aromatic rings. The van der Waals surface area contributed by atoms with Gasteiger partial charge in [0.1, 0.15) is 22.8 Å². The fourth-order valence-electron chi connectivity index (χ4n) is 2.80. The number of hydrogen-bond acceptors (Lipinski definition) is 5. The number of carbonyl (C=O) groups is 1. The lowest BCUT2D eigenvalue weighted by Crippen LogP contribution is -2.48. The summed E-state index contributed by atoms with van der Waals surface area (Å²) in [4.78, 5) is 29.9. The zero-order valence-corrected chi connectivity index (χ0v) is 15.4. The molecule has 0 fully saturated rings. The quantitative estimate of drug-likeness (QED) is 0.621. The minimum absolute atomic E-state index is 0.0383. The van der Waals surface area contributed by atoms with E-state index in [-0.39, 0.29) is 24.2 Å². The number of amides is 1. The van der Waals surface area contributed by atoms with E-state index in [2.05, 4.69) is 10.3 Å². The number of rotatable bonds is 5. The van der Waals surface area contributed by atoms with E-state index >= 15 is 0 Å². The maximum Gasteiger partial charge on any atom is 0.269 e. The van der Waals surface area contributed by atoms with Crippen LogP contribution < -0.4 is 10.9 Å². The average molecular weight is 385 g/mol. The van der Waals surface area contributed by atoms with Crippen LogP contribution in [0, 0.1) is 5.82 Å². The number of aromatic nitrogens is 2. The Bertz CT molecular complexity index is 1090. The fraction of sp³-hybridized carbons (Fsp3) is 0.250. The van der Waals surface area contributed by atoms with E-state index in [1.807, 2.05) is 0 Å². The summed E-state index contributed by atoms with van der Waals surface area (Å²) in [6.45, 7) is 2.86. The molecule has 8 heteroatoms. The van der Waals surface area contributed by atoms with E-state index in [4.69, 9.17) is 0 Å². The van der Waals surface area contributed by atoms with Gasteiger partial charge in [-0.05, 0) is 43.7 Å². The van der Waals surface area contributed by atoms with Gasteiger partial charge in [0.2, 0.25) is 0 Å². The SMILES string of the molecule is CC(C)(CO)NC(=O)c1c(O)c2cccnc2n(Cc2ccc(F)cc2)c1=O. The summed E-state index contributed by atoms with van der Waals surface area (Å²) in [6, 6.07) is 8.72. The number of nitrogens with zero attached hydrogens (tertiary/aromatic N) is 2. The zero-order valence-electron chi connectivity index (χ0n) is 15.4. The molecule has 1 aromatic carbocycles. The number of aliphatic hydroxyl groups excluding tert-OH is 1. The Kier molecular flexibility index (Phi) is 5.15. The summed E-state index contributed by atoms with van der Waals surface area (Å²) in [5, 5.41) is 22.7. The van der Waals surface area contributed by atoms with Gasteiger partial charge >= 0.3 is 0 Å². The van der Waals surface area contributed by atoms with Crippen LogP contribution >= 0.6 is 0 Å². The summed E-state index contributed by atoms with van der Waals surface area (Å²) in [5.74, 6) is -1.69. The number of pyridine rings is 2. The number of carbonyl (C=O) groups excluding carboxylic acids is 1. The number of nitrogens with one attached hydrogen (secondary N) is 1. The largest absolute Gasteiger partial charge is 0.506 e. The predicted molar refractivity (Wildman–Crippen MR) is 102 cm³/mol. The Labute approximate surface area is 160 Å². The molecule has 0 saturated carbocycles. The van der Waals surface area contributed by atoms with Gasteiger partial charge in [0.15, 0.2) is 0 Å². The minimum Gasteiger partial charge on any atom is -0.506 e. The van der Waals surface area contributed by atoms with E-state index in [0.717, 1.165) is 0 Å². The van der Waals surface area contributed by atoms with Crippen LogP contribution in [-0.4, -0.2) is 37.8 Å². The Balaban J connectivity index is 2.19. The number of benzene rings is 1. The number of fused-ring (bicyclic) bond motifs is 1. The van der Waals surface area contributed by atoms with Gasteiger partial charge in [-0.2, -0.15) is 0 Å². The molecule has 0 saturated heterocycles. The van der Waals surface area contributed by atoms with Crippen molar-refractivity contribution in [2.45, 2.75) is 25.9 Å². The molecule has 2 aromatic heterocycles. The van der Waals surface area contributed by atoms with Crippen LogP contribution in [0.5, 0.6) is 5.75 Å². The maximum absolute atomic E-state index is 13.2. The molecule has 2 heterocycles. The van der Waals surface area contributed by atoms with E-state index < -0.39 is 34.1 Å². The van der Waals surface area contributed by atoms with Gasteiger partial charge in [0, 0.05) is 6.20 Å². The van der Waals surface area contributed by atoms with Crippen LogP contribution in [0.15, 0.2) is 47.4 Å². The molecule has 0 radical (unpaired) electrons. The lowest BCUT2D eigenvalue weighted by molar-refractivity contribution is 0.0864. The Hall–Kier alpha value is -3.26. The third kappa shape index (κ3) is 3.72. The summed E-state index contributed by atoms with van der Waals surface area (Å²) >= 11 is 0. The minimum atomic E-state index is -0.984. The first-order valence-corrected chi connectivity index (χ1v) is 8.62. The van der Waals surface area contributed by atoms with Gasteiger partial charge in [0.05, 0.1) is 24.1 Å². The first-order chi connectivity index (χ1) is 13.2. The number of halogens is 1. The Morgan fingerprint density at radius 1 is 1.25 bits per heavy atom. The second-order valence-electron chi connectivity index (χ2n) is 7.11. The van der Waals surface area contributed by atoms with Crippen LogP contribution in [0.4, 0.5) is 4.39 Å². The van der Waals surface area contributed by atoms with Gasteiger partial charge in [-0.15, -0.1) is 0 Å². The molecule has 0 aliphatic heterocycles. The monoisotopic (exact) mass is 385 g/mol. The van der Waals surface area contributed by atoms with Crippen LogP contribution in [0.1, 0.15) is 29.8 Å². The fourth-order valence-corrected chi connectivity index (χ4v) is 2.80. The van der Waals surface area contributed by atoms with E-state index in [9.17, 15) is 24.2 Å². The number of aromatic hydroxyl groups is 1. The normalized spacial score (nSPS) is 11.6. The van der Waals surface area contributed by atoms with E-state index in [1.165, 1.54) is 35.0 Å². The van der Waals surface area contributed by atoms with E-state index in [1.54, 1.807) is 26.0 Å². The van der Waals surface area contributed by atoms with Gasteiger partial charge in [0.25, 0.3) is 11.5 Å². The Morgan fingerprint density at radius 3 is 2.57 bits per heavy atom. The molecule has 28 heavy (non-hydrogen) atoms. The highest BCUT2D eigenvalue weighted by atomic mass is 19.1. The molecule has 0 unspecified atom stereocenters. The molecule has 0 spiro atoms. The molecule has 7 nitrogen and oxygen atoms in total. The third-order valence-corrected chi connectivity index (χ3v) is 4.32. The molecule has 1 amide bonds. The van der Waals surface area contributed by atoms with Crippen LogP contribution in [-0.2, 0) is 6.54 Å². The van der Waals surface area contributed by atoms with Gasteiger partial charge in [-0.1, -0.05) is 12.1 Å². The molecule has 0 aliphatic carbocycles. The summed E-state index contributed by atoms with van der Waals surface area (Å²) in [7, 11) is 0. The van der Waals surface area contributed by atoms with Gasteiger partial charge < -0.3 is 15.5 Å². The van der Waals surface area contributed by atoms with Crippen molar-refractivity contribution < 1.29 is 19.4 Å². The lowest BCUT2D eigenvalue weighted by Gasteiger charge is -2.24. The highest BCUT2D eigenvalue weighted by Crippen LogP contribution is 2.25. The topological polar surface area (TPSA) is 104 Å². The predicted octanol–water partition coefficient (Wildman–Crippen LogP) is 1.79. The molecule has 146 valence electrons. The van der Waals surface area contributed by atoms with Crippen molar-refractivity contribution in [3.05, 3.63) is 69.9 Å².